The van der Waals surface area contributed by atoms with Crippen LogP contribution in [0, 0.1) is 0 Å². The van der Waals surface area contributed by atoms with Gasteiger partial charge in [-0.25, -0.2) is 0 Å². The third kappa shape index (κ3) is 2.39. The van der Waals surface area contributed by atoms with Crippen LogP contribution in [0.25, 0.3) is 0 Å². The molecule has 0 aliphatic carbocycles. The number of nitrogens with zero attached hydrogens (tertiary/aromatic N) is 2. The van der Waals surface area contributed by atoms with Gasteiger partial charge in [0.2, 0.25) is 5.91 Å². The highest BCUT2D eigenvalue weighted by molar-refractivity contribution is 5.88. The molecule has 1 heterocycles. The lowest BCUT2D eigenvalue weighted by atomic mass is 10.1. The van der Waals surface area contributed by atoms with Gasteiger partial charge in [0, 0.05) is 19.6 Å². The van der Waals surface area contributed by atoms with Crippen LogP contribution in [0.2, 0.25) is 0 Å². The number of benzene rings is 1. The molecule has 0 saturated heterocycles. The zero-order valence-corrected chi connectivity index (χ0v) is 12.0. The minimum atomic E-state index is -0.147. The lowest BCUT2D eigenvalue weighted by Gasteiger charge is -2.31. The van der Waals surface area contributed by atoms with E-state index in [1.807, 2.05) is 37.8 Å². The van der Waals surface area contributed by atoms with Gasteiger partial charge in [-0.2, -0.15) is 0 Å². The third-order valence-electron chi connectivity index (χ3n) is 3.96. The second kappa shape index (κ2) is 5.51. The van der Waals surface area contributed by atoms with Crippen molar-refractivity contribution in [2.45, 2.75) is 33.2 Å². The number of hydrogen-bond acceptors (Lipinski definition) is 3. The van der Waals surface area contributed by atoms with Crippen molar-refractivity contribution in [3.63, 3.8) is 0 Å². The topological polar surface area (TPSA) is 49.6 Å². The molecule has 19 heavy (non-hydrogen) atoms. The minimum absolute atomic E-state index is 0.147. The van der Waals surface area contributed by atoms with E-state index in [1.54, 1.807) is 0 Å². The van der Waals surface area contributed by atoms with Gasteiger partial charge in [-0.05, 0) is 38.8 Å². The van der Waals surface area contributed by atoms with Gasteiger partial charge in [0.05, 0.1) is 11.4 Å². The molecule has 1 aromatic rings. The molecule has 1 aromatic carbocycles. The number of nitrogens with two attached hydrogens (primary N) is 1. The standard InChI is InChI=1S/C15H23N3O/c1-4-17(5-2)15(19)11(3)18-10-9-12-7-6-8-13(16)14(12)18/h6-8,11H,4-5,9-10,16H2,1-3H3. The molecule has 0 aromatic heterocycles. The molecule has 0 fully saturated rings. The van der Waals surface area contributed by atoms with E-state index in [9.17, 15) is 4.79 Å². The lowest BCUT2D eigenvalue weighted by Crippen LogP contribution is -2.46. The molecule has 1 unspecified atom stereocenters. The summed E-state index contributed by atoms with van der Waals surface area (Å²) in [5.41, 5.74) is 9.15. The average molecular weight is 261 g/mol. The molecule has 1 atom stereocenters. The van der Waals surface area contributed by atoms with Crippen LogP contribution in [0.5, 0.6) is 0 Å². The monoisotopic (exact) mass is 261 g/mol. The van der Waals surface area contributed by atoms with Crippen LogP contribution in [-0.2, 0) is 11.2 Å². The molecule has 4 nitrogen and oxygen atoms in total. The summed E-state index contributed by atoms with van der Waals surface area (Å²) < 4.78 is 0. The first-order valence-corrected chi connectivity index (χ1v) is 7.02. The summed E-state index contributed by atoms with van der Waals surface area (Å²) in [6.07, 6.45) is 0.968. The normalized spacial score (nSPS) is 15.2. The maximum Gasteiger partial charge on any atom is 0.244 e. The Hall–Kier alpha value is -1.71. The van der Waals surface area contributed by atoms with Crippen molar-refractivity contribution in [3.05, 3.63) is 23.8 Å². The Morgan fingerprint density at radius 2 is 2.11 bits per heavy atom. The van der Waals surface area contributed by atoms with Crippen molar-refractivity contribution >= 4 is 17.3 Å². The molecule has 0 spiro atoms. The van der Waals surface area contributed by atoms with Gasteiger partial charge >= 0.3 is 0 Å². The Morgan fingerprint density at radius 1 is 1.42 bits per heavy atom. The Kier molecular flexibility index (Phi) is 3.98. The highest BCUT2D eigenvalue weighted by Gasteiger charge is 2.30. The molecule has 2 rings (SSSR count). The van der Waals surface area contributed by atoms with Crippen LogP contribution in [0.15, 0.2) is 18.2 Å². The largest absolute Gasteiger partial charge is 0.397 e. The van der Waals surface area contributed by atoms with E-state index >= 15 is 0 Å². The van der Waals surface area contributed by atoms with Crippen LogP contribution in [0.3, 0.4) is 0 Å². The van der Waals surface area contributed by atoms with Gasteiger partial charge in [-0.15, -0.1) is 0 Å². The summed E-state index contributed by atoms with van der Waals surface area (Å²) in [7, 11) is 0. The van der Waals surface area contributed by atoms with Crippen molar-refractivity contribution in [3.8, 4) is 0 Å². The fourth-order valence-electron chi connectivity index (χ4n) is 2.84. The Labute approximate surface area is 115 Å². The Bertz CT molecular complexity index is 468. The summed E-state index contributed by atoms with van der Waals surface area (Å²) in [4.78, 5) is 16.5. The summed E-state index contributed by atoms with van der Waals surface area (Å²) in [6, 6.07) is 5.84. The zero-order chi connectivity index (χ0) is 14.0. The highest BCUT2D eigenvalue weighted by atomic mass is 16.2. The molecule has 1 aliphatic heterocycles. The van der Waals surface area contributed by atoms with Gasteiger partial charge in [-0.3, -0.25) is 4.79 Å². The molecule has 0 radical (unpaired) electrons. The molecule has 4 heteroatoms. The first-order valence-electron chi connectivity index (χ1n) is 7.02. The van der Waals surface area contributed by atoms with E-state index in [0.717, 1.165) is 37.4 Å². The van der Waals surface area contributed by atoms with Crippen molar-refractivity contribution in [2.75, 3.05) is 30.3 Å². The van der Waals surface area contributed by atoms with E-state index in [0.29, 0.717) is 0 Å². The number of anilines is 2. The van der Waals surface area contributed by atoms with Gasteiger partial charge in [-0.1, -0.05) is 12.1 Å². The fourth-order valence-corrected chi connectivity index (χ4v) is 2.84. The maximum absolute atomic E-state index is 12.5. The number of carbonyl (C=O) groups is 1. The predicted octanol–water partition coefficient (Wildman–Crippen LogP) is 1.89. The third-order valence-corrected chi connectivity index (χ3v) is 3.96. The summed E-state index contributed by atoms with van der Waals surface area (Å²) in [6.45, 7) is 8.38. The summed E-state index contributed by atoms with van der Waals surface area (Å²) >= 11 is 0. The number of hydrogen-bond donors (Lipinski definition) is 1. The lowest BCUT2D eigenvalue weighted by molar-refractivity contribution is -0.131. The number of rotatable bonds is 4. The number of likely N-dealkylation sites (N-methyl/N-ethyl adjacent to an activating group) is 1. The minimum Gasteiger partial charge on any atom is -0.397 e. The van der Waals surface area contributed by atoms with E-state index < -0.39 is 0 Å². The second-order valence-corrected chi connectivity index (χ2v) is 4.98. The first-order chi connectivity index (χ1) is 9.10. The van der Waals surface area contributed by atoms with Gasteiger partial charge in [0.1, 0.15) is 6.04 Å². The molecule has 1 aliphatic rings. The summed E-state index contributed by atoms with van der Waals surface area (Å²) in [5, 5.41) is 0. The van der Waals surface area contributed by atoms with E-state index in [2.05, 4.69) is 11.0 Å². The molecule has 104 valence electrons. The van der Waals surface area contributed by atoms with Crippen LogP contribution in [0.1, 0.15) is 26.3 Å². The van der Waals surface area contributed by atoms with Crippen LogP contribution >= 0.6 is 0 Å². The van der Waals surface area contributed by atoms with Crippen LogP contribution in [-0.4, -0.2) is 36.5 Å². The molecular formula is C15H23N3O. The quantitative estimate of drug-likeness (QED) is 0.842. The number of para-hydroxylation sites is 1. The fraction of sp³-hybridized carbons (Fsp3) is 0.533. The van der Waals surface area contributed by atoms with Crippen LogP contribution < -0.4 is 10.6 Å². The number of fused-ring (bicyclic) bond motifs is 1. The predicted molar refractivity (Wildman–Crippen MR) is 79.3 cm³/mol. The van der Waals surface area contributed by atoms with Crippen molar-refractivity contribution in [1.82, 2.24) is 4.90 Å². The molecule has 1 amide bonds. The molecular weight excluding hydrogens is 238 g/mol. The molecule has 2 N–H and O–H groups in total. The maximum atomic E-state index is 12.5. The average Bonchev–Trinajstić information content (AvgIpc) is 2.84. The van der Waals surface area contributed by atoms with Crippen molar-refractivity contribution in [1.29, 1.82) is 0 Å². The van der Waals surface area contributed by atoms with Crippen molar-refractivity contribution < 1.29 is 4.79 Å². The van der Waals surface area contributed by atoms with Gasteiger partial charge in [0.25, 0.3) is 0 Å². The number of amides is 1. The molecule has 0 bridgehead atoms. The van der Waals surface area contributed by atoms with E-state index in [4.69, 9.17) is 5.73 Å². The number of carbonyl (C=O) groups excluding carboxylic acids is 1. The second-order valence-electron chi connectivity index (χ2n) is 4.98. The Morgan fingerprint density at radius 3 is 2.74 bits per heavy atom. The van der Waals surface area contributed by atoms with Gasteiger partial charge < -0.3 is 15.5 Å². The Balaban J connectivity index is 2.24. The van der Waals surface area contributed by atoms with E-state index in [1.165, 1.54) is 5.56 Å². The van der Waals surface area contributed by atoms with E-state index in [-0.39, 0.29) is 11.9 Å². The highest BCUT2D eigenvalue weighted by Crippen LogP contribution is 2.35. The van der Waals surface area contributed by atoms with Gasteiger partial charge in [0.15, 0.2) is 0 Å². The zero-order valence-electron chi connectivity index (χ0n) is 12.0. The summed E-state index contributed by atoms with van der Waals surface area (Å²) in [5.74, 6) is 0.182. The number of nitrogen functional groups attached to an aromatic ring is 1. The van der Waals surface area contributed by atoms with Crippen LogP contribution in [0.4, 0.5) is 11.4 Å². The SMILES string of the molecule is CCN(CC)C(=O)C(C)N1CCc2cccc(N)c21. The van der Waals surface area contributed by atoms with Crippen molar-refractivity contribution in [2.24, 2.45) is 0 Å². The first kappa shape index (κ1) is 13.7. The molecule has 0 saturated carbocycles. The smallest absolute Gasteiger partial charge is 0.244 e.